The molecule has 1 saturated carbocycles. The standard InChI is InChI=1S/C25H36N2O2/c1-4-6-14-28-23-16-26-25(27-17-23)22-12-13-24(19(3)15-22)29-18-21-10-8-20(7-5-2)9-11-21/h12-13,15-17,20-21H,4-11,14,18H2,1-3H3. The monoisotopic (exact) mass is 396 g/mol. The maximum atomic E-state index is 6.18. The lowest BCUT2D eigenvalue weighted by molar-refractivity contribution is 0.178. The second-order valence-corrected chi connectivity index (χ2v) is 8.41. The highest BCUT2D eigenvalue weighted by molar-refractivity contribution is 5.58. The van der Waals surface area contributed by atoms with Crippen molar-refractivity contribution in [3.05, 3.63) is 36.2 Å². The third-order valence-electron chi connectivity index (χ3n) is 5.97. The van der Waals surface area contributed by atoms with Crippen LogP contribution >= 0.6 is 0 Å². The summed E-state index contributed by atoms with van der Waals surface area (Å²) in [4.78, 5) is 8.93. The molecule has 0 radical (unpaired) electrons. The first-order valence-electron chi connectivity index (χ1n) is 11.4. The Balaban J connectivity index is 1.52. The van der Waals surface area contributed by atoms with Crippen LogP contribution in [0.15, 0.2) is 30.6 Å². The average Bonchev–Trinajstić information content (AvgIpc) is 2.75. The van der Waals surface area contributed by atoms with Gasteiger partial charge in [-0.15, -0.1) is 0 Å². The molecule has 1 aliphatic carbocycles. The number of benzene rings is 1. The summed E-state index contributed by atoms with van der Waals surface area (Å²) in [7, 11) is 0. The van der Waals surface area contributed by atoms with Crippen LogP contribution in [0.4, 0.5) is 0 Å². The van der Waals surface area contributed by atoms with Crippen molar-refractivity contribution in [3.8, 4) is 22.9 Å². The maximum absolute atomic E-state index is 6.18. The molecule has 0 N–H and O–H groups in total. The van der Waals surface area contributed by atoms with Gasteiger partial charge in [0.15, 0.2) is 11.6 Å². The number of hydrogen-bond donors (Lipinski definition) is 0. The van der Waals surface area contributed by atoms with E-state index < -0.39 is 0 Å². The summed E-state index contributed by atoms with van der Waals surface area (Å²) in [5, 5.41) is 0. The van der Waals surface area contributed by atoms with Crippen molar-refractivity contribution in [2.75, 3.05) is 13.2 Å². The lowest BCUT2D eigenvalue weighted by Crippen LogP contribution is -2.20. The molecule has 4 heteroatoms. The van der Waals surface area contributed by atoms with Gasteiger partial charge in [-0.2, -0.15) is 0 Å². The molecule has 0 saturated heterocycles. The number of rotatable bonds is 10. The molecule has 4 nitrogen and oxygen atoms in total. The number of nitrogens with zero attached hydrogens (tertiary/aromatic N) is 2. The summed E-state index contributed by atoms with van der Waals surface area (Å²) in [6, 6.07) is 6.22. The van der Waals surface area contributed by atoms with Gasteiger partial charge in [0.25, 0.3) is 0 Å². The normalized spacial score (nSPS) is 19.1. The second-order valence-electron chi connectivity index (χ2n) is 8.41. The van der Waals surface area contributed by atoms with Crippen molar-refractivity contribution in [2.45, 2.75) is 72.1 Å². The van der Waals surface area contributed by atoms with E-state index in [0.717, 1.165) is 53.8 Å². The van der Waals surface area contributed by atoms with Crippen LogP contribution in [0.5, 0.6) is 11.5 Å². The molecule has 2 aromatic rings. The van der Waals surface area contributed by atoms with Crippen molar-refractivity contribution in [1.82, 2.24) is 9.97 Å². The van der Waals surface area contributed by atoms with Gasteiger partial charge in [0, 0.05) is 5.56 Å². The largest absolute Gasteiger partial charge is 0.493 e. The second kappa shape index (κ2) is 11.2. The lowest BCUT2D eigenvalue weighted by Gasteiger charge is -2.28. The minimum absolute atomic E-state index is 0.700. The molecule has 1 aromatic carbocycles. The first kappa shape index (κ1) is 21.6. The van der Waals surface area contributed by atoms with E-state index in [2.05, 4.69) is 42.9 Å². The average molecular weight is 397 g/mol. The number of aromatic nitrogens is 2. The van der Waals surface area contributed by atoms with Gasteiger partial charge in [-0.3, -0.25) is 0 Å². The molecule has 0 bridgehead atoms. The van der Waals surface area contributed by atoms with Crippen LogP contribution < -0.4 is 9.47 Å². The summed E-state index contributed by atoms with van der Waals surface area (Å²) in [5.41, 5.74) is 2.14. The van der Waals surface area contributed by atoms with E-state index in [0.29, 0.717) is 12.5 Å². The summed E-state index contributed by atoms with van der Waals surface area (Å²) < 4.78 is 11.8. The van der Waals surface area contributed by atoms with E-state index >= 15 is 0 Å². The Morgan fingerprint density at radius 3 is 2.31 bits per heavy atom. The molecule has 158 valence electrons. The SMILES string of the molecule is CCCCOc1cnc(-c2ccc(OCC3CCC(CCC)CC3)c(C)c2)nc1. The Kier molecular flexibility index (Phi) is 8.33. The molecule has 1 aromatic heterocycles. The minimum atomic E-state index is 0.700. The van der Waals surface area contributed by atoms with Crippen molar-refractivity contribution < 1.29 is 9.47 Å². The molecule has 0 atom stereocenters. The minimum Gasteiger partial charge on any atom is -0.493 e. The van der Waals surface area contributed by atoms with Crippen LogP contribution in [0.2, 0.25) is 0 Å². The van der Waals surface area contributed by atoms with Crippen molar-refractivity contribution in [3.63, 3.8) is 0 Å². The van der Waals surface area contributed by atoms with E-state index in [-0.39, 0.29) is 0 Å². The predicted octanol–water partition coefficient (Wildman–Crippen LogP) is 6.62. The summed E-state index contributed by atoms with van der Waals surface area (Å²) in [6.45, 7) is 8.09. The van der Waals surface area contributed by atoms with Gasteiger partial charge < -0.3 is 9.47 Å². The summed E-state index contributed by atoms with van der Waals surface area (Å²) >= 11 is 0. The maximum Gasteiger partial charge on any atom is 0.159 e. The Labute approximate surface area is 176 Å². The molecule has 0 amide bonds. The Bertz CT molecular complexity index is 737. The highest BCUT2D eigenvalue weighted by Crippen LogP contribution is 2.32. The Morgan fingerprint density at radius 1 is 0.931 bits per heavy atom. The van der Waals surface area contributed by atoms with Gasteiger partial charge in [0.1, 0.15) is 5.75 Å². The number of aryl methyl sites for hydroxylation is 1. The van der Waals surface area contributed by atoms with E-state index in [9.17, 15) is 0 Å². The zero-order valence-electron chi connectivity index (χ0n) is 18.3. The number of unbranched alkanes of at least 4 members (excludes halogenated alkanes) is 1. The molecule has 1 heterocycles. The van der Waals surface area contributed by atoms with E-state index in [1.54, 1.807) is 12.4 Å². The molecule has 0 spiro atoms. The van der Waals surface area contributed by atoms with Crippen LogP contribution in [0.25, 0.3) is 11.4 Å². The topological polar surface area (TPSA) is 44.2 Å². The van der Waals surface area contributed by atoms with E-state index in [4.69, 9.17) is 9.47 Å². The van der Waals surface area contributed by atoms with Gasteiger partial charge >= 0.3 is 0 Å². The van der Waals surface area contributed by atoms with Gasteiger partial charge in [-0.05, 0) is 61.8 Å². The molecule has 1 fully saturated rings. The molecule has 0 aliphatic heterocycles. The fourth-order valence-corrected chi connectivity index (χ4v) is 4.13. The van der Waals surface area contributed by atoms with Crippen LogP contribution in [-0.4, -0.2) is 23.2 Å². The van der Waals surface area contributed by atoms with Crippen molar-refractivity contribution >= 4 is 0 Å². The molecule has 0 unspecified atom stereocenters. The van der Waals surface area contributed by atoms with Crippen molar-refractivity contribution in [1.29, 1.82) is 0 Å². The predicted molar refractivity (Wildman–Crippen MR) is 118 cm³/mol. The first-order valence-corrected chi connectivity index (χ1v) is 11.4. The molecule has 29 heavy (non-hydrogen) atoms. The fourth-order valence-electron chi connectivity index (χ4n) is 4.13. The van der Waals surface area contributed by atoms with E-state index in [1.165, 1.54) is 38.5 Å². The van der Waals surface area contributed by atoms with E-state index in [1.807, 2.05) is 6.07 Å². The third-order valence-corrected chi connectivity index (χ3v) is 5.97. The first-order chi connectivity index (χ1) is 14.2. The zero-order valence-corrected chi connectivity index (χ0v) is 18.3. The molecule has 3 rings (SSSR count). The Morgan fingerprint density at radius 2 is 1.66 bits per heavy atom. The highest BCUT2D eigenvalue weighted by Gasteiger charge is 2.21. The quantitative estimate of drug-likeness (QED) is 0.424. The van der Waals surface area contributed by atoms with Crippen LogP contribution in [0.3, 0.4) is 0 Å². The Hall–Kier alpha value is -2.10. The summed E-state index contributed by atoms with van der Waals surface area (Å²) in [6.07, 6.45) is 13.7. The third kappa shape index (κ3) is 6.45. The van der Waals surface area contributed by atoms with Gasteiger partial charge in [-0.25, -0.2) is 9.97 Å². The van der Waals surface area contributed by atoms with Gasteiger partial charge in [-0.1, -0.05) is 46.0 Å². The smallest absolute Gasteiger partial charge is 0.159 e. The van der Waals surface area contributed by atoms with Gasteiger partial charge in [0.05, 0.1) is 25.6 Å². The molecular weight excluding hydrogens is 360 g/mol. The fraction of sp³-hybridized carbons (Fsp3) is 0.600. The molecule has 1 aliphatic rings. The van der Waals surface area contributed by atoms with Crippen molar-refractivity contribution in [2.24, 2.45) is 11.8 Å². The summed E-state index contributed by atoms with van der Waals surface area (Å²) in [5.74, 6) is 4.07. The van der Waals surface area contributed by atoms with Crippen LogP contribution in [0.1, 0.15) is 70.8 Å². The van der Waals surface area contributed by atoms with Crippen LogP contribution in [0, 0.1) is 18.8 Å². The van der Waals surface area contributed by atoms with Crippen LogP contribution in [-0.2, 0) is 0 Å². The molecular formula is C25H36N2O2. The highest BCUT2D eigenvalue weighted by atomic mass is 16.5. The zero-order chi connectivity index (χ0) is 20.5. The number of hydrogen-bond acceptors (Lipinski definition) is 4. The lowest BCUT2D eigenvalue weighted by atomic mass is 9.80. The van der Waals surface area contributed by atoms with Gasteiger partial charge in [0.2, 0.25) is 0 Å². The number of ether oxygens (including phenoxy) is 2.